The zero-order valence-electron chi connectivity index (χ0n) is 13.6. The lowest BCUT2D eigenvalue weighted by atomic mass is 10.1. The Balaban J connectivity index is 1.87. The molecule has 1 aliphatic heterocycles. The lowest BCUT2D eigenvalue weighted by molar-refractivity contribution is 0.0322. The fourth-order valence-corrected chi connectivity index (χ4v) is 2.74. The largest absolute Gasteiger partial charge is 0.492 e. The van der Waals surface area contributed by atoms with Gasteiger partial charge in [0, 0.05) is 26.2 Å². The molecule has 0 bridgehead atoms. The normalized spacial score (nSPS) is 16.1. The molecule has 0 radical (unpaired) electrons. The van der Waals surface area contributed by atoms with Gasteiger partial charge >= 0.3 is 0 Å². The maximum Gasteiger partial charge on any atom is 0.125 e. The highest BCUT2D eigenvalue weighted by Crippen LogP contribution is 2.24. The van der Waals surface area contributed by atoms with Gasteiger partial charge in [0.2, 0.25) is 0 Å². The van der Waals surface area contributed by atoms with Crippen LogP contribution in [0, 0.1) is 13.8 Å². The van der Waals surface area contributed by atoms with Gasteiger partial charge in [0.15, 0.2) is 0 Å². The highest BCUT2D eigenvalue weighted by Gasteiger charge is 2.11. The van der Waals surface area contributed by atoms with E-state index in [-0.39, 0.29) is 0 Å². The Labute approximate surface area is 128 Å². The molecule has 1 heterocycles. The molecule has 1 saturated heterocycles. The predicted octanol–water partition coefficient (Wildman–Crippen LogP) is 2.12. The minimum absolute atomic E-state index is 0.744. The van der Waals surface area contributed by atoms with Gasteiger partial charge in [0.1, 0.15) is 12.4 Å². The number of benzene rings is 1. The van der Waals surface area contributed by atoms with Crippen LogP contribution in [0.5, 0.6) is 5.75 Å². The first kappa shape index (κ1) is 16.3. The number of hydrogen-bond acceptors (Lipinski definition) is 4. The van der Waals surface area contributed by atoms with Crippen LogP contribution in [0.15, 0.2) is 12.1 Å². The fraction of sp³-hybridized carbons (Fsp3) is 0.647. The Hall–Kier alpha value is -1.10. The van der Waals surface area contributed by atoms with Gasteiger partial charge in [-0.15, -0.1) is 0 Å². The highest BCUT2D eigenvalue weighted by molar-refractivity contribution is 5.43. The summed E-state index contributed by atoms with van der Waals surface area (Å²) >= 11 is 0. The van der Waals surface area contributed by atoms with Crippen LogP contribution in [-0.4, -0.2) is 50.9 Å². The molecule has 118 valence electrons. The number of ether oxygens (including phenoxy) is 2. The van der Waals surface area contributed by atoms with Crippen LogP contribution in [0.3, 0.4) is 0 Å². The summed E-state index contributed by atoms with van der Waals surface area (Å²) in [5.41, 5.74) is 3.78. The highest BCUT2D eigenvalue weighted by atomic mass is 16.5. The molecule has 1 aromatic rings. The molecule has 0 unspecified atom stereocenters. The van der Waals surface area contributed by atoms with E-state index < -0.39 is 0 Å². The van der Waals surface area contributed by atoms with E-state index in [0.717, 1.165) is 58.3 Å². The van der Waals surface area contributed by atoms with Crippen molar-refractivity contribution in [1.82, 2.24) is 10.2 Å². The molecule has 1 aromatic carbocycles. The van der Waals surface area contributed by atoms with E-state index in [0.29, 0.717) is 0 Å². The summed E-state index contributed by atoms with van der Waals surface area (Å²) in [4.78, 5) is 2.40. The summed E-state index contributed by atoms with van der Waals surface area (Å²) in [6, 6.07) is 4.44. The molecule has 1 aliphatic rings. The van der Waals surface area contributed by atoms with E-state index in [2.05, 4.69) is 43.1 Å². The number of rotatable bonds is 7. The second-order valence-corrected chi connectivity index (χ2v) is 5.64. The van der Waals surface area contributed by atoms with Crippen molar-refractivity contribution in [2.24, 2.45) is 0 Å². The molecule has 0 aliphatic carbocycles. The third kappa shape index (κ3) is 4.99. The van der Waals surface area contributed by atoms with Gasteiger partial charge in [-0.05, 0) is 37.1 Å². The first-order valence-electron chi connectivity index (χ1n) is 7.94. The number of nitrogens with zero attached hydrogens (tertiary/aromatic N) is 1. The minimum atomic E-state index is 0.744. The van der Waals surface area contributed by atoms with Gasteiger partial charge in [-0.2, -0.15) is 0 Å². The molecular formula is C17H28N2O2. The van der Waals surface area contributed by atoms with Crippen molar-refractivity contribution in [3.05, 3.63) is 28.8 Å². The Morgan fingerprint density at radius 2 is 1.86 bits per heavy atom. The molecule has 21 heavy (non-hydrogen) atoms. The van der Waals surface area contributed by atoms with Gasteiger partial charge in [-0.1, -0.05) is 19.1 Å². The van der Waals surface area contributed by atoms with Crippen LogP contribution >= 0.6 is 0 Å². The van der Waals surface area contributed by atoms with Crippen LogP contribution in [0.25, 0.3) is 0 Å². The molecular weight excluding hydrogens is 264 g/mol. The minimum Gasteiger partial charge on any atom is -0.492 e. The van der Waals surface area contributed by atoms with Crippen molar-refractivity contribution in [3.63, 3.8) is 0 Å². The topological polar surface area (TPSA) is 33.7 Å². The zero-order chi connectivity index (χ0) is 15.1. The summed E-state index contributed by atoms with van der Waals surface area (Å²) in [5.74, 6) is 1.04. The quantitative estimate of drug-likeness (QED) is 0.835. The van der Waals surface area contributed by atoms with Crippen molar-refractivity contribution >= 4 is 0 Å². The fourth-order valence-electron chi connectivity index (χ4n) is 2.74. The van der Waals surface area contributed by atoms with Gasteiger partial charge in [-0.3, -0.25) is 4.90 Å². The molecule has 0 aromatic heterocycles. The van der Waals surface area contributed by atoms with E-state index in [4.69, 9.17) is 9.47 Å². The van der Waals surface area contributed by atoms with E-state index in [1.54, 1.807) is 0 Å². The lowest BCUT2D eigenvalue weighted by Gasteiger charge is -2.26. The average molecular weight is 292 g/mol. The third-order valence-electron chi connectivity index (χ3n) is 3.86. The second-order valence-electron chi connectivity index (χ2n) is 5.64. The Kier molecular flexibility index (Phi) is 6.49. The van der Waals surface area contributed by atoms with E-state index in [1.807, 2.05) is 0 Å². The first-order chi connectivity index (χ1) is 10.2. The van der Waals surface area contributed by atoms with Crippen LogP contribution in [0.1, 0.15) is 23.6 Å². The summed E-state index contributed by atoms with van der Waals surface area (Å²) in [7, 11) is 0. The maximum atomic E-state index is 6.03. The molecule has 2 rings (SSSR count). The summed E-state index contributed by atoms with van der Waals surface area (Å²) in [6.45, 7) is 13.7. The van der Waals surface area contributed by atoms with Crippen molar-refractivity contribution in [2.75, 3.05) is 46.0 Å². The van der Waals surface area contributed by atoms with Gasteiger partial charge in [-0.25, -0.2) is 0 Å². The van der Waals surface area contributed by atoms with E-state index in [1.165, 1.54) is 16.7 Å². The van der Waals surface area contributed by atoms with Crippen molar-refractivity contribution in [1.29, 1.82) is 0 Å². The molecule has 4 heteroatoms. The van der Waals surface area contributed by atoms with Crippen molar-refractivity contribution < 1.29 is 9.47 Å². The van der Waals surface area contributed by atoms with Crippen LogP contribution < -0.4 is 10.1 Å². The summed E-state index contributed by atoms with van der Waals surface area (Å²) < 4.78 is 11.4. The third-order valence-corrected chi connectivity index (χ3v) is 3.86. The second kappa shape index (κ2) is 8.37. The van der Waals surface area contributed by atoms with Crippen molar-refractivity contribution in [3.8, 4) is 5.75 Å². The predicted molar refractivity (Wildman–Crippen MR) is 86.1 cm³/mol. The molecule has 0 amide bonds. The van der Waals surface area contributed by atoms with Gasteiger partial charge in [0.25, 0.3) is 0 Å². The Morgan fingerprint density at radius 3 is 2.48 bits per heavy atom. The number of nitrogens with one attached hydrogen (secondary N) is 1. The number of morpholine rings is 1. The molecule has 0 saturated carbocycles. The van der Waals surface area contributed by atoms with Gasteiger partial charge in [0.05, 0.1) is 13.2 Å². The number of aryl methyl sites for hydroxylation is 2. The van der Waals surface area contributed by atoms with E-state index in [9.17, 15) is 0 Å². The number of hydrogen-bond donors (Lipinski definition) is 1. The first-order valence-corrected chi connectivity index (χ1v) is 7.94. The standard InChI is InChI=1S/C17H28N2O2/c1-4-18-13-16-11-14(2)17(15(3)12-16)21-10-7-19-5-8-20-9-6-19/h11-12,18H,4-10,13H2,1-3H3. The van der Waals surface area contributed by atoms with Crippen LogP contribution in [0.2, 0.25) is 0 Å². The zero-order valence-corrected chi connectivity index (χ0v) is 13.6. The molecule has 1 fully saturated rings. The smallest absolute Gasteiger partial charge is 0.125 e. The molecule has 1 N–H and O–H groups in total. The van der Waals surface area contributed by atoms with Crippen LogP contribution in [-0.2, 0) is 11.3 Å². The van der Waals surface area contributed by atoms with Crippen LogP contribution in [0.4, 0.5) is 0 Å². The Bertz CT molecular complexity index is 419. The maximum absolute atomic E-state index is 6.03. The van der Waals surface area contributed by atoms with Gasteiger partial charge < -0.3 is 14.8 Å². The molecule has 4 nitrogen and oxygen atoms in total. The van der Waals surface area contributed by atoms with E-state index >= 15 is 0 Å². The SMILES string of the molecule is CCNCc1cc(C)c(OCCN2CCOCC2)c(C)c1. The monoisotopic (exact) mass is 292 g/mol. The molecule has 0 atom stereocenters. The lowest BCUT2D eigenvalue weighted by Crippen LogP contribution is -2.38. The summed E-state index contributed by atoms with van der Waals surface area (Å²) in [5, 5.41) is 3.37. The summed E-state index contributed by atoms with van der Waals surface area (Å²) in [6.07, 6.45) is 0. The van der Waals surface area contributed by atoms with Crippen molar-refractivity contribution in [2.45, 2.75) is 27.3 Å². The average Bonchev–Trinajstić information content (AvgIpc) is 2.49. The Morgan fingerprint density at radius 1 is 1.19 bits per heavy atom. The molecule has 0 spiro atoms.